The fourth-order valence-electron chi connectivity index (χ4n) is 3.80. The van der Waals surface area contributed by atoms with Crippen LogP contribution in [0.5, 0.6) is 0 Å². The van der Waals surface area contributed by atoms with Gasteiger partial charge < -0.3 is 37.1 Å². The van der Waals surface area contributed by atoms with Crippen molar-refractivity contribution in [1.82, 2.24) is 31.2 Å². The smallest absolute Gasteiger partial charge is 0.326 e. The van der Waals surface area contributed by atoms with Gasteiger partial charge in [0.15, 0.2) is 0 Å². The van der Waals surface area contributed by atoms with E-state index in [0.29, 0.717) is 18.7 Å². The normalized spacial score (nSPS) is 17.9. The summed E-state index contributed by atoms with van der Waals surface area (Å²) < 4.78 is 0. The van der Waals surface area contributed by atoms with Crippen molar-refractivity contribution in [2.45, 2.75) is 76.5 Å². The molecule has 1 aliphatic heterocycles. The number of hydrogen-bond donors (Lipinski definition) is 7. The van der Waals surface area contributed by atoms with E-state index >= 15 is 0 Å². The third kappa shape index (κ3) is 9.35. The first-order valence-corrected chi connectivity index (χ1v) is 11.7. The number of imidazole rings is 1. The predicted octanol–water partition coefficient (Wildman–Crippen LogP) is -1.45. The van der Waals surface area contributed by atoms with Gasteiger partial charge in [-0.1, -0.05) is 13.8 Å². The van der Waals surface area contributed by atoms with Crippen LogP contribution in [0.2, 0.25) is 0 Å². The van der Waals surface area contributed by atoms with E-state index in [0.717, 1.165) is 6.42 Å². The van der Waals surface area contributed by atoms with Gasteiger partial charge >= 0.3 is 5.97 Å². The molecule has 1 fully saturated rings. The number of aromatic nitrogens is 2. The second kappa shape index (κ2) is 13.4. The highest BCUT2D eigenvalue weighted by Crippen LogP contribution is 2.10. The summed E-state index contributed by atoms with van der Waals surface area (Å²) in [6.07, 6.45) is 4.36. The van der Waals surface area contributed by atoms with Gasteiger partial charge in [-0.15, -0.1) is 0 Å². The zero-order valence-corrected chi connectivity index (χ0v) is 20.0. The van der Waals surface area contributed by atoms with E-state index in [2.05, 4.69) is 31.2 Å². The summed E-state index contributed by atoms with van der Waals surface area (Å²) >= 11 is 0. The van der Waals surface area contributed by atoms with Crippen LogP contribution in [0.4, 0.5) is 0 Å². The number of rotatable bonds is 14. The molecule has 194 valence electrons. The molecule has 13 heteroatoms. The molecule has 1 aromatic heterocycles. The lowest BCUT2D eigenvalue weighted by molar-refractivity contribution is -0.142. The molecule has 1 saturated heterocycles. The Balaban J connectivity index is 2.10. The fraction of sp³-hybridized carbons (Fsp3) is 0.636. The molecular weight excluding hydrogens is 458 g/mol. The summed E-state index contributed by atoms with van der Waals surface area (Å²) in [5, 5.41) is 20.3. The first-order chi connectivity index (χ1) is 16.6. The number of aliphatic carboxylic acids is 1. The lowest BCUT2D eigenvalue weighted by atomic mass is 10.0. The van der Waals surface area contributed by atoms with Crippen LogP contribution in [0, 0.1) is 5.92 Å². The quantitative estimate of drug-likeness (QED) is 0.163. The minimum atomic E-state index is -1.24. The summed E-state index contributed by atoms with van der Waals surface area (Å²) in [7, 11) is 0. The molecule has 0 aromatic carbocycles. The third-order valence-electron chi connectivity index (χ3n) is 5.62. The Labute approximate surface area is 203 Å². The minimum Gasteiger partial charge on any atom is -0.480 e. The molecule has 0 spiro atoms. The zero-order valence-electron chi connectivity index (χ0n) is 20.0. The molecule has 4 atom stereocenters. The van der Waals surface area contributed by atoms with E-state index < -0.39 is 47.9 Å². The topological polar surface area (TPSA) is 208 Å². The molecule has 0 saturated carbocycles. The Morgan fingerprint density at radius 2 is 1.80 bits per heavy atom. The summed E-state index contributed by atoms with van der Waals surface area (Å²) in [5.41, 5.74) is 5.75. The number of primary amides is 1. The van der Waals surface area contributed by atoms with Gasteiger partial charge in [0.05, 0.1) is 12.4 Å². The van der Waals surface area contributed by atoms with Gasteiger partial charge in [0, 0.05) is 24.7 Å². The van der Waals surface area contributed by atoms with Crippen LogP contribution in [-0.4, -0.2) is 75.4 Å². The Kier molecular flexibility index (Phi) is 10.6. The van der Waals surface area contributed by atoms with Crippen LogP contribution < -0.4 is 27.0 Å². The standard InChI is InChI=1S/C22H35N7O6/c1-12(2)8-16(21(33)29-17(22(34)35)9-13-10-24-11-26-13)28-20(32)15(5-6-18(23)30)27-19(31)14-4-3-7-25-14/h10-12,14-17,25H,3-9H2,1-2H3,(H2,23,30)(H,24,26)(H,27,31)(H,28,32)(H,29,33)(H,34,35). The number of nitrogens with one attached hydrogen (secondary N) is 5. The van der Waals surface area contributed by atoms with E-state index in [4.69, 9.17) is 5.73 Å². The molecule has 4 amide bonds. The first-order valence-electron chi connectivity index (χ1n) is 11.7. The van der Waals surface area contributed by atoms with Crippen LogP contribution in [-0.2, 0) is 30.4 Å². The number of amides is 4. The Hall–Kier alpha value is -3.48. The van der Waals surface area contributed by atoms with E-state index in [-0.39, 0.29) is 37.5 Å². The SMILES string of the molecule is CC(C)CC(NC(=O)C(CCC(N)=O)NC(=O)C1CCCN1)C(=O)NC(Cc1cnc[nH]1)C(=O)O. The molecule has 0 aliphatic carbocycles. The molecular formula is C22H35N7O6. The Morgan fingerprint density at radius 3 is 2.34 bits per heavy atom. The second-order valence-electron chi connectivity index (χ2n) is 9.09. The molecule has 35 heavy (non-hydrogen) atoms. The summed E-state index contributed by atoms with van der Waals surface area (Å²) in [5.74, 6) is -3.57. The molecule has 8 N–H and O–H groups in total. The van der Waals surface area contributed by atoms with Crippen molar-refractivity contribution in [3.8, 4) is 0 Å². The maximum atomic E-state index is 13.1. The van der Waals surface area contributed by atoms with Crippen LogP contribution in [0.1, 0.15) is 51.6 Å². The van der Waals surface area contributed by atoms with E-state index in [9.17, 15) is 29.1 Å². The molecule has 4 unspecified atom stereocenters. The second-order valence-corrected chi connectivity index (χ2v) is 9.09. The van der Waals surface area contributed by atoms with E-state index in [1.165, 1.54) is 12.5 Å². The number of carbonyl (C=O) groups excluding carboxylic acids is 4. The van der Waals surface area contributed by atoms with Crippen molar-refractivity contribution in [1.29, 1.82) is 0 Å². The maximum Gasteiger partial charge on any atom is 0.326 e. The first kappa shape index (κ1) is 27.8. The van der Waals surface area contributed by atoms with Crippen LogP contribution >= 0.6 is 0 Å². The highest BCUT2D eigenvalue weighted by molar-refractivity contribution is 5.94. The average Bonchev–Trinajstić information content (AvgIpc) is 3.49. The molecule has 2 heterocycles. The van der Waals surface area contributed by atoms with Gasteiger partial charge in [-0.05, 0) is 38.1 Å². The van der Waals surface area contributed by atoms with Gasteiger partial charge in [0.25, 0.3) is 0 Å². The van der Waals surface area contributed by atoms with Crippen molar-refractivity contribution in [2.75, 3.05) is 6.54 Å². The molecule has 1 aliphatic rings. The fourth-order valence-corrected chi connectivity index (χ4v) is 3.80. The summed E-state index contributed by atoms with van der Waals surface area (Å²) in [6.45, 7) is 4.39. The number of aromatic amines is 1. The van der Waals surface area contributed by atoms with Crippen LogP contribution in [0.25, 0.3) is 0 Å². The van der Waals surface area contributed by atoms with Crippen LogP contribution in [0.15, 0.2) is 12.5 Å². The zero-order chi connectivity index (χ0) is 26.0. The lowest BCUT2D eigenvalue weighted by Gasteiger charge is -2.26. The highest BCUT2D eigenvalue weighted by atomic mass is 16.4. The van der Waals surface area contributed by atoms with E-state index in [1.807, 2.05) is 13.8 Å². The van der Waals surface area contributed by atoms with Gasteiger partial charge in [-0.3, -0.25) is 19.2 Å². The van der Waals surface area contributed by atoms with Gasteiger partial charge in [-0.25, -0.2) is 9.78 Å². The summed E-state index contributed by atoms with van der Waals surface area (Å²) in [6, 6.07) is -3.82. The van der Waals surface area contributed by atoms with Crippen molar-refractivity contribution in [3.05, 3.63) is 18.2 Å². The predicted molar refractivity (Wildman–Crippen MR) is 125 cm³/mol. The summed E-state index contributed by atoms with van der Waals surface area (Å²) in [4.78, 5) is 68.2. The van der Waals surface area contributed by atoms with Crippen molar-refractivity contribution in [3.63, 3.8) is 0 Å². The number of carbonyl (C=O) groups is 5. The monoisotopic (exact) mass is 493 g/mol. The Morgan fingerprint density at radius 1 is 1.11 bits per heavy atom. The van der Waals surface area contributed by atoms with Crippen molar-refractivity contribution in [2.24, 2.45) is 11.7 Å². The lowest BCUT2D eigenvalue weighted by Crippen LogP contribution is -2.57. The van der Waals surface area contributed by atoms with Gasteiger partial charge in [0.1, 0.15) is 18.1 Å². The molecule has 13 nitrogen and oxygen atoms in total. The van der Waals surface area contributed by atoms with E-state index in [1.54, 1.807) is 0 Å². The van der Waals surface area contributed by atoms with Crippen LogP contribution in [0.3, 0.4) is 0 Å². The average molecular weight is 494 g/mol. The molecule has 1 aromatic rings. The number of hydrogen-bond acceptors (Lipinski definition) is 7. The van der Waals surface area contributed by atoms with Gasteiger partial charge in [0.2, 0.25) is 23.6 Å². The maximum absolute atomic E-state index is 13.1. The van der Waals surface area contributed by atoms with Crippen molar-refractivity contribution < 1.29 is 29.1 Å². The van der Waals surface area contributed by atoms with Crippen molar-refractivity contribution >= 4 is 29.6 Å². The molecule has 0 bridgehead atoms. The number of carboxylic acid groups (broad SMARTS) is 1. The number of nitrogens with zero attached hydrogens (tertiary/aromatic N) is 1. The van der Waals surface area contributed by atoms with Gasteiger partial charge in [-0.2, -0.15) is 0 Å². The minimum absolute atomic E-state index is 0.0108. The number of carboxylic acids is 1. The number of H-pyrrole nitrogens is 1. The molecule has 2 rings (SSSR count). The molecule has 0 radical (unpaired) electrons. The highest BCUT2D eigenvalue weighted by Gasteiger charge is 2.32. The largest absolute Gasteiger partial charge is 0.480 e. The third-order valence-corrected chi connectivity index (χ3v) is 5.62. The Bertz CT molecular complexity index is 883. The number of nitrogens with two attached hydrogens (primary N) is 1.